The number of anilines is 1. The van der Waals surface area contributed by atoms with Crippen molar-refractivity contribution >= 4 is 74.4 Å². The maximum atomic E-state index is 14.6. The zero-order valence-corrected chi connectivity index (χ0v) is 42.4. The Hall–Kier alpha value is -4.81. The lowest BCUT2D eigenvalue weighted by molar-refractivity contribution is -0.122. The van der Waals surface area contributed by atoms with E-state index in [1.54, 1.807) is 95.4 Å². The van der Waals surface area contributed by atoms with Gasteiger partial charge in [0.25, 0.3) is 16.0 Å². The molecular formula is C46H59N5O13S4. The van der Waals surface area contributed by atoms with Crippen LogP contribution in [0.2, 0.25) is 0 Å². The van der Waals surface area contributed by atoms with Crippen LogP contribution >= 0.6 is 0 Å². The number of ketones is 1. The molecule has 370 valence electrons. The van der Waals surface area contributed by atoms with Gasteiger partial charge in [0, 0.05) is 92.0 Å². The summed E-state index contributed by atoms with van der Waals surface area (Å²) in [7, 11) is -15.6. The highest BCUT2D eigenvalue weighted by atomic mass is 32.2. The summed E-state index contributed by atoms with van der Waals surface area (Å²) < 4.78 is 130. The lowest BCUT2D eigenvalue weighted by Gasteiger charge is -2.44. The molecule has 1 amide bonds. The van der Waals surface area contributed by atoms with Crippen molar-refractivity contribution in [2.75, 3.05) is 54.6 Å². The molecule has 22 heteroatoms. The van der Waals surface area contributed by atoms with Crippen LogP contribution < -0.4 is 35.1 Å². The Bertz CT molecular complexity index is 3230. The van der Waals surface area contributed by atoms with Crippen LogP contribution in [-0.2, 0) is 45.1 Å². The number of sulfonamides is 2. The second-order valence-corrected chi connectivity index (χ2v) is 25.3. The fraction of sp³-hybridized carbons (Fsp3) is 0.457. The zero-order chi connectivity index (χ0) is 50.5. The molecule has 3 aliphatic heterocycles. The Morgan fingerprint density at radius 1 is 0.809 bits per heavy atom. The summed E-state index contributed by atoms with van der Waals surface area (Å²) in [4.78, 5) is 30.4. The molecule has 3 aromatic carbocycles. The summed E-state index contributed by atoms with van der Waals surface area (Å²) >= 11 is 0. The van der Waals surface area contributed by atoms with Gasteiger partial charge in [0.1, 0.15) is 29.6 Å². The van der Waals surface area contributed by atoms with Crippen LogP contribution in [-0.4, -0.2) is 120 Å². The second kappa shape index (κ2) is 19.2. The normalized spacial score (nSPS) is 16.5. The number of rotatable bonds is 19. The van der Waals surface area contributed by atoms with Crippen LogP contribution in [0.4, 0.5) is 5.69 Å². The van der Waals surface area contributed by atoms with Crippen molar-refractivity contribution in [3.63, 3.8) is 0 Å². The Morgan fingerprint density at radius 2 is 1.44 bits per heavy atom. The molecule has 0 spiro atoms. The number of hydrogen-bond donors (Lipinski definition) is 3. The summed E-state index contributed by atoms with van der Waals surface area (Å²) in [5.41, 5.74) is 0.891. The predicted octanol–water partition coefficient (Wildman–Crippen LogP) is 2.56. The van der Waals surface area contributed by atoms with Crippen molar-refractivity contribution in [3.05, 3.63) is 99.1 Å². The first-order valence-electron chi connectivity index (χ1n) is 21.9. The molecule has 0 atom stereocenters. The van der Waals surface area contributed by atoms with Crippen molar-refractivity contribution in [2.45, 2.75) is 78.3 Å². The van der Waals surface area contributed by atoms with E-state index in [4.69, 9.17) is 15.0 Å². The van der Waals surface area contributed by atoms with Gasteiger partial charge in [0.2, 0.25) is 25.4 Å². The molecule has 0 saturated heterocycles. The van der Waals surface area contributed by atoms with Gasteiger partial charge in [0.15, 0.2) is 5.54 Å². The molecule has 0 bridgehead atoms. The highest BCUT2D eigenvalue weighted by Crippen LogP contribution is 2.47. The smallest absolute Gasteiger partial charge is 0.269 e. The highest BCUT2D eigenvalue weighted by molar-refractivity contribution is 7.89. The number of ether oxygens (including phenoxy) is 1. The number of nitrogens with zero attached hydrogens (tertiary/aromatic N) is 3. The molecule has 0 radical (unpaired) electrons. The molecule has 3 heterocycles. The van der Waals surface area contributed by atoms with Crippen LogP contribution in [0.25, 0.3) is 16.7 Å². The van der Waals surface area contributed by atoms with Crippen LogP contribution in [0.15, 0.2) is 60.7 Å². The van der Waals surface area contributed by atoms with E-state index >= 15 is 0 Å². The molecular weight excluding hydrogens is 959 g/mol. The van der Waals surface area contributed by atoms with Gasteiger partial charge in [-0.25, -0.2) is 40.1 Å². The van der Waals surface area contributed by atoms with Gasteiger partial charge in [-0.1, -0.05) is 38.1 Å². The standard InChI is InChI=1S/C46H59N5O13S4/c1-29(2)40(52)15-10-16-49(7)44(53)33-14-9-8-13-32(33)43-36-21-34-30(27-67(58,59)60)25-45(3,4)50(17-11-19-65(47,54)55)38(34)23-41(36)64-42-24-39-35(22-37(42)43)31(28-68(61,62)63)26-46(5,6)51(39)18-12-20-66(48,56)57/h8-9,13-14,21-26,29H,10-12,15-20,27-28H2,1-7H3,(H5-,47,48,54,55,56,57,58,59,60,61,62,63). The lowest BCUT2D eigenvalue weighted by atomic mass is 9.83. The van der Waals surface area contributed by atoms with Crippen molar-refractivity contribution in [1.29, 1.82) is 0 Å². The maximum absolute atomic E-state index is 14.6. The van der Waals surface area contributed by atoms with E-state index in [0.29, 0.717) is 50.5 Å². The minimum atomic E-state index is -4.88. The summed E-state index contributed by atoms with van der Waals surface area (Å²) in [5, 5.41) is 11.5. The zero-order valence-electron chi connectivity index (χ0n) is 39.1. The number of benzene rings is 3. The molecule has 18 nitrogen and oxygen atoms in total. The van der Waals surface area contributed by atoms with E-state index in [1.165, 1.54) is 4.90 Å². The van der Waals surface area contributed by atoms with Gasteiger partial charge >= 0.3 is 0 Å². The van der Waals surface area contributed by atoms with Gasteiger partial charge in [-0.3, -0.25) is 14.1 Å². The number of Topliss-reactive ketones (excluding diaryl/α,β-unsaturated/α-hetero) is 1. The average molecular weight is 1020 g/mol. The number of primary sulfonamides is 2. The van der Waals surface area contributed by atoms with Crippen LogP contribution in [0.1, 0.15) is 99.8 Å². The molecule has 0 aromatic heterocycles. The largest absolute Gasteiger partial charge is 0.748 e. The number of fused-ring (bicyclic) bond motifs is 4. The highest BCUT2D eigenvalue weighted by Gasteiger charge is 2.39. The summed E-state index contributed by atoms with van der Waals surface area (Å²) in [6.45, 7) is 11.3. The topological polar surface area (TPSA) is 285 Å². The van der Waals surface area contributed by atoms with E-state index in [-0.39, 0.29) is 90.3 Å². The molecule has 0 unspecified atom stereocenters. The van der Waals surface area contributed by atoms with Gasteiger partial charge in [0.05, 0.1) is 44.5 Å². The molecule has 3 aliphatic rings. The van der Waals surface area contributed by atoms with Crippen LogP contribution in [0.3, 0.4) is 0 Å². The monoisotopic (exact) mass is 1020 g/mol. The molecule has 0 fully saturated rings. The SMILES string of the molecule is CC(C)C(=O)CCCN(C)C(=O)c1ccccc1C1=c2cc3c(cc2Oc2cc4c(cc21)C(CS(=O)(=O)[O-])=CC(C)(C)N4CCCS(N)(=O)=O)=[N+](CCCS(N)(=O)=O)C(C)(C)C=C3CS(=O)(=O)O. The fourth-order valence-electron chi connectivity index (χ4n) is 9.26. The van der Waals surface area contributed by atoms with Crippen molar-refractivity contribution < 1.29 is 57.1 Å². The number of carbonyl (C=O) groups excluding carboxylic acids is 2. The van der Waals surface area contributed by atoms with Gasteiger partial charge < -0.3 is 19.1 Å². The average Bonchev–Trinajstić information content (AvgIpc) is 3.18. The third kappa shape index (κ3) is 12.3. The molecule has 0 saturated carbocycles. The third-order valence-corrected chi connectivity index (χ3v) is 15.4. The third-order valence-electron chi connectivity index (χ3n) is 12.3. The summed E-state index contributed by atoms with van der Waals surface area (Å²) in [6, 6.07) is 13.4. The second-order valence-electron chi connectivity index (χ2n) is 19.0. The summed E-state index contributed by atoms with van der Waals surface area (Å²) in [5.74, 6) is -2.46. The van der Waals surface area contributed by atoms with Crippen LogP contribution in [0.5, 0.6) is 11.5 Å². The van der Waals surface area contributed by atoms with Gasteiger partial charge in [-0.05, 0) is 67.7 Å². The molecule has 68 heavy (non-hydrogen) atoms. The van der Waals surface area contributed by atoms with E-state index in [1.807, 2.05) is 23.3 Å². The maximum Gasteiger partial charge on any atom is 0.269 e. The Kier molecular flexibility index (Phi) is 14.8. The Balaban J connectivity index is 1.71. The molecule has 6 rings (SSSR count). The van der Waals surface area contributed by atoms with Crippen molar-refractivity contribution in [3.8, 4) is 11.5 Å². The number of carbonyl (C=O) groups is 2. The Morgan fingerprint density at radius 3 is 2.06 bits per heavy atom. The first-order chi connectivity index (χ1) is 31.3. The fourth-order valence-corrected chi connectivity index (χ4v) is 11.6. The van der Waals surface area contributed by atoms with Gasteiger partial charge in [-0.2, -0.15) is 8.42 Å². The first-order valence-corrected chi connectivity index (χ1v) is 28.6. The Labute approximate surface area is 398 Å². The van der Waals surface area contributed by atoms with Gasteiger partial charge in [-0.15, -0.1) is 0 Å². The first kappa shape index (κ1) is 52.6. The minimum Gasteiger partial charge on any atom is -0.748 e. The van der Waals surface area contributed by atoms with E-state index < -0.39 is 68.8 Å². The van der Waals surface area contributed by atoms with E-state index in [9.17, 15) is 52.4 Å². The van der Waals surface area contributed by atoms with Crippen molar-refractivity contribution in [1.82, 2.24) is 9.48 Å². The lowest BCUT2D eigenvalue weighted by Crippen LogP contribution is -2.50. The van der Waals surface area contributed by atoms with E-state index in [2.05, 4.69) is 0 Å². The van der Waals surface area contributed by atoms with Crippen LogP contribution in [0, 0.1) is 5.92 Å². The van der Waals surface area contributed by atoms with Crippen molar-refractivity contribution in [2.24, 2.45) is 16.2 Å². The molecule has 5 N–H and O–H groups in total. The number of amides is 1. The quantitative estimate of drug-likeness (QED) is 0.0900. The number of nitrogens with two attached hydrogens (primary N) is 2. The molecule has 3 aromatic rings. The minimum absolute atomic E-state index is 0.0576. The van der Waals surface area contributed by atoms with E-state index in [0.717, 1.165) is 0 Å². The predicted molar refractivity (Wildman–Crippen MR) is 260 cm³/mol. The number of hydrogen-bond acceptors (Lipinski definition) is 13. The summed E-state index contributed by atoms with van der Waals surface area (Å²) in [6.07, 6.45) is 4.15. The molecule has 0 aliphatic carbocycles.